The van der Waals surface area contributed by atoms with Crippen molar-refractivity contribution >= 4 is 11.9 Å². The van der Waals surface area contributed by atoms with Crippen LogP contribution >= 0.6 is 0 Å². The third-order valence-electron chi connectivity index (χ3n) is 7.47. The van der Waals surface area contributed by atoms with Crippen molar-refractivity contribution in [2.45, 2.75) is 105 Å². The normalized spacial score (nSPS) is 44.1. The summed E-state index contributed by atoms with van der Waals surface area (Å²) >= 11 is 0. The number of nitrogens with two attached hydrogens (primary N) is 6. The van der Waals surface area contributed by atoms with Gasteiger partial charge in [-0.25, -0.2) is 4.99 Å². The fourth-order valence-electron chi connectivity index (χ4n) is 5.17. The molecular weight excluding hydrogens is 552 g/mol. The maximum Gasteiger partial charge on any atom is 0.250 e. The van der Waals surface area contributed by atoms with Gasteiger partial charge in [0, 0.05) is 25.6 Å². The molecule has 2 saturated heterocycles. The summed E-state index contributed by atoms with van der Waals surface area (Å²) in [6.45, 7) is -1.11. The first-order chi connectivity index (χ1) is 19.3. The van der Waals surface area contributed by atoms with E-state index in [1.165, 1.54) is 0 Å². The lowest BCUT2D eigenvalue weighted by Gasteiger charge is -2.48. The molecule has 19 nitrogen and oxygen atoms in total. The molecule has 3 fully saturated rings. The molecule has 0 aromatic rings. The topological polar surface area (TPSA) is 356 Å². The number of hydrogen-bond donors (Lipinski definition) is 13. The van der Waals surface area contributed by atoms with Crippen LogP contribution in [0.5, 0.6) is 0 Å². The summed E-state index contributed by atoms with van der Waals surface area (Å²) in [5.74, 6) is -1.18. The minimum absolute atomic E-state index is 0.0168. The summed E-state index contributed by atoms with van der Waals surface area (Å²) in [4.78, 5) is 16.5. The van der Waals surface area contributed by atoms with Crippen LogP contribution in [0.25, 0.3) is 0 Å². The van der Waals surface area contributed by atoms with Crippen LogP contribution in [-0.2, 0) is 23.7 Å². The number of nitrogens with one attached hydrogen (secondary N) is 1. The zero-order valence-electron chi connectivity index (χ0n) is 22.3. The van der Waals surface area contributed by atoms with Crippen molar-refractivity contribution in [2.24, 2.45) is 39.4 Å². The van der Waals surface area contributed by atoms with Crippen LogP contribution in [-0.4, -0.2) is 154 Å². The number of nitrogens with zero attached hydrogens (tertiary/aromatic N) is 1. The Kier molecular flexibility index (Phi) is 12.0. The second-order valence-corrected chi connectivity index (χ2v) is 10.4. The molecule has 0 aromatic heterocycles. The number of carbonyl (C=O) groups excluding carboxylic acids is 1. The van der Waals surface area contributed by atoms with Crippen molar-refractivity contribution in [3.05, 3.63) is 0 Å². The molecule has 238 valence electrons. The van der Waals surface area contributed by atoms with E-state index < -0.39 is 104 Å². The zero-order valence-corrected chi connectivity index (χ0v) is 22.3. The fraction of sp³-hybridized carbons (Fsp3) is 0.909. The van der Waals surface area contributed by atoms with Gasteiger partial charge in [0.05, 0.1) is 30.9 Å². The summed E-state index contributed by atoms with van der Waals surface area (Å²) in [6, 6.07) is -4.23. The van der Waals surface area contributed by atoms with E-state index in [0.29, 0.717) is 0 Å². The molecule has 0 unspecified atom stereocenters. The highest BCUT2D eigenvalue weighted by Gasteiger charge is 2.51. The molecule has 15 atom stereocenters. The Labute approximate surface area is 235 Å². The molecule has 2 aliphatic heterocycles. The van der Waals surface area contributed by atoms with E-state index in [9.17, 15) is 35.4 Å². The van der Waals surface area contributed by atoms with E-state index in [1.807, 2.05) is 0 Å². The largest absolute Gasteiger partial charge is 0.394 e. The fourth-order valence-corrected chi connectivity index (χ4v) is 5.17. The van der Waals surface area contributed by atoms with Crippen LogP contribution in [0.3, 0.4) is 0 Å². The van der Waals surface area contributed by atoms with Crippen LogP contribution in [0, 0.1) is 0 Å². The second kappa shape index (κ2) is 14.6. The predicted molar refractivity (Wildman–Crippen MR) is 139 cm³/mol. The zero-order chi connectivity index (χ0) is 30.6. The lowest BCUT2D eigenvalue weighted by Crippen LogP contribution is -2.69. The first kappa shape index (κ1) is 33.7. The van der Waals surface area contributed by atoms with Crippen LogP contribution < -0.4 is 39.7 Å². The number of hydrogen-bond acceptors (Lipinski definition) is 16. The number of rotatable bonds is 10. The van der Waals surface area contributed by atoms with Crippen molar-refractivity contribution in [1.29, 1.82) is 0 Å². The molecule has 0 bridgehead atoms. The van der Waals surface area contributed by atoms with Crippen molar-refractivity contribution in [3.63, 3.8) is 0 Å². The van der Waals surface area contributed by atoms with Gasteiger partial charge in [0.2, 0.25) is 5.91 Å². The highest BCUT2D eigenvalue weighted by Crippen LogP contribution is 2.32. The van der Waals surface area contributed by atoms with Gasteiger partial charge in [-0.1, -0.05) is 0 Å². The average Bonchev–Trinajstić information content (AvgIpc) is 2.93. The van der Waals surface area contributed by atoms with Gasteiger partial charge >= 0.3 is 0 Å². The van der Waals surface area contributed by atoms with Gasteiger partial charge in [-0.3, -0.25) is 4.79 Å². The molecule has 41 heavy (non-hydrogen) atoms. The Morgan fingerprint density at radius 1 is 0.951 bits per heavy atom. The molecule has 0 spiro atoms. The lowest BCUT2D eigenvalue weighted by atomic mass is 9.83. The number of carbonyl (C=O) groups is 1. The van der Waals surface area contributed by atoms with E-state index in [-0.39, 0.29) is 31.9 Å². The first-order valence-corrected chi connectivity index (χ1v) is 13.3. The minimum Gasteiger partial charge on any atom is -0.394 e. The van der Waals surface area contributed by atoms with Gasteiger partial charge in [0.1, 0.15) is 48.8 Å². The molecular formula is C22H44N8O11. The first-order valence-electron chi connectivity index (χ1n) is 13.3. The number of amides is 1. The van der Waals surface area contributed by atoms with E-state index in [2.05, 4.69) is 10.3 Å². The Morgan fingerprint density at radius 3 is 2.17 bits per heavy atom. The minimum atomic E-state index is -1.64. The van der Waals surface area contributed by atoms with E-state index in [1.54, 1.807) is 0 Å². The second-order valence-electron chi connectivity index (χ2n) is 10.4. The maximum absolute atomic E-state index is 12.5. The standard InChI is InChI=1S/C22H44N8O11/c23-3-10(33)19(37)29-7-1-6(25)17(40-20-8(30-22(27)28)2-9(32)11(4-24)38-20)16(36)18(7)41-21-15(35)13(26)14(34)12(5-31)39-21/h6-18,20-21,31-36H,1-5,23-26H2,(H,29,37)(H4,27,28,30)/t6-,7+,8+,9-,10-,11+,12+,13-,14+,15+,16-,17+,18-,20+,21+/m0/s1. The molecule has 2 heterocycles. The van der Waals surface area contributed by atoms with Crippen molar-refractivity contribution in [3.8, 4) is 0 Å². The van der Waals surface area contributed by atoms with E-state index in [0.717, 1.165) is 0 Å². The molecule has 3 aliphatic rings. The van der Waals surface area contributed by atoms with Gasteiger partial charge in [0.25, 0.3) is 0 Å². The maximum atomic E-state index is 12.5. The van der Waals surface area contributed by atoms with Crippen LogP contribution in [0.4, 0.5) is 0 Å². The van der Waals surface area contributed by atoms with Gasteiger partial charge in [-0.05, 0) is 6.42 Å². The molecule has 19 heteroatoms. The molecule has 3 rings (SSSR count). The SMILES string of the molecule is NC[C@H](O)C(=O)N[C@@H]1C[C@H](N)[C@@H](O[C@H]2O[C@H](CN)[C@@H](O)C[C@H]2N=C(N)N)[C@H](O)[C@H]1O[C@H]1O[C@H](CO)[C@@H](O)[C@H](N)[C@H]1O. The summed E-state index contributed by atoms with van der Waals surface area (Å²) in [5, 5.41) is 64.6. The van der Waals surface area contributed by atoms with E-state index >= 15 is 0 Å². The number of guanidine groups is 1. The van der Waals surface area contributed by atoms with Gasteiger partial charge in [-0.15, -0.1) is 0 Å². The number of ether oxygens (including phenoxy) is 4. The van der Waals surface area contributed by atoms with Crippen molar-refractivity contribution in [1.82, 2.24) is 5.32 Å². The molecule has 1 amide bonds. The van der Waals surface area contributed by atoms with Crippen molar-refractivity contribution < 1.29 is 54.4 Å². The Hall–Kier alpha value is -1.82. The summed E-state index contributed by atoms with van der Waals surface area (Å²) in [7, 11) is 0. The summed E-state index contributed by atoms with van der Waals surface area (Å²) < 4.78 is 23.2. The molecule has 19 N–H and O–H groups in total. The number of aliphatic hydroxyl groups excluding tert-OH is 6. The average molecular weight is 597 g/mol. The summed E-state index contributed by atoms with van der Waals surface area (Å²) in [5.41, 5.74) is 34.4. The number of aliphatic imine (C=N–C) groups is 1. The lowest BCUT2D eigenvalue weighted by molar-refractivity contribution is -0.315. The Balaban J connectivity index is 1.88. The molecule has 0 aromatic carbocycles. The highest BCUT2D eigenvalue weighted by atomic mass is 16.7. The Morgan fingerprint density at radius 2 is 1.59 bits per heavy atom. The third kappa shape index (κ3) is 7.77. The third-order valence-corrected chi connectivity index (χ3v) is 7.47. The van der Waals surface area contributed by atoms with Gasteiger partial charge < -0.3 is 89.3 Å². The van der Waals surface area contributed by atoms with E-state index in [4.69, 9.17) is 53.3 Å². The highest BCUT2D eigenvalue weighted by molar-refractivity contribution is 5.81. The van der Waals surface area contributed by atoms with Crippen molar-refractivity contribution in [2.75, 3.05) is 19.7 Å². The van der Waals surface area contributed by atoms with Gasteiger partial charge in [0.15, 0.2) is 18.5 Å². The van der Waals surface area contributed by atoms with Crippen LogP contribution in [0.1, 0.15) is 12.8 Å². The quantitative estimate of drug-likeness (QED) is 0.0821. The monoisotopic (exact) mass is 596 g/mol. The molecule has 0 radical (unpaired) electrons. The van der Waals surface area contributed by atoms with Crippen LogP contribution in [0.15, 0.2) is 4.99 Å². The molecule has 1 aliphatic carbocycles. The molecule has 1 saturated carbocycles. The summed E-state index contributed by atoms with van der Waals surface area (Å²) in [6.07, 6.45) is -14.8. The van der Waals surface area contributed by atoms with Crippen LogP contribution in [0.2, 0.25) is 0 Å². The predicted octanol–water partition coefficient (Wildman–Crippen LogP) is -8.50. The Bertz CT molecular complexity index is 886. The number of aliphatic hydroxyl groups is 6. The van der Waals surface area contributed by atoms with Gasteiger partial charge in [-0.2, -0.15) is 0 Å². The smallest absolute Gasteiger partial charge is 0.250 e.